The first kappa shape index (κ1) is 30.0. The molecule has 51 heavy (non-hydrogen) atoms. The number of fused-ring (bicyclic) bond motifs is 8. The summed E-state index contributed by atoms with van der Waals surface area (Å²) in [4.78, 5) is 29.8. The molecular weight excluding hydrogens is 629 g/mol. The highest BCUT2D eigenvalue weighted by Crippen LogP contribution is 2.38. The first-order valence-electron chi connectivity index (χ1n) is 16.8. The molecule has 3 aromatic heterocycles. The van der Waals surface area contributed by atoms with Crippen LogP contribution in [0.2, 0.25) is 0 Å². The van der Waals surface area contributed by atoms with Crippen LogP contribution < -0.4 is 0 Å². The molecule has 9 rings (SSSR count). The van der Waals surface area contributed by atoms with E-state index in [4.69, 9.17) is 9.97 Å². The van der Waals surface area contributed by atoms with Crippen LogP contribution in [0.4, 0.5) is 0 Å². The Labute approximate surface area is 293 Å². The number of aromatic nitrogens is 4. The van der Waals surface area contributed by atoms with E-state index in [1.54, 1.807) is 12.1 Å². The minimum absolute atomic E-state index is 0.223. The van der Waals surface area contributed by atoms with Crippen molar-refractivity contribution in [1.29, 1.82) is 0 Å². The van der Waals surface area contributed by atoms with E-state index in [-0.39, 0.29) is 5.56 Å². The number of aromatic amines is 2. The third-order valence-corrected chi connectivity index (χ3v) is 9.33. The number of hydrogen-bond acceptors (Lipinski definition) is 3. The van der Waals surface area contributed by atoms with Crippen LogP contribution in [0.25, 0.3) is 90.9 Å². The van der Waals surface area contributed by atoms with Crippen molar-refractivity contribution in [1.82, 2.24) is 19.9 Å². The molecule has 7 aromatic rings. The van der Waals surface area contributed by atoms with Gasteiger partial charge in [0, 0.05) is 44.3 Å². The minimum Gasteiger partial charge on any atom is -0.478 e. The number of nitrogens with one attached hydrogen (secondary N) is 2. The maximum absolute atomic E-state index is 11.8. The number of nitrogens with zero attached hydrogens (tertiary/aromatic N) is 2. The minimum atomic E-state index is -0.969. The van der Waals surface area contributed by atoms with Gasteiger partial charge in [0.25, 0.3) is 0 Å². The van der Waals surface area contributed by atoms with Gasteiger partial charge in [-0.05, 0) is 83.0 Å². The highest BCUT2D eigenvalue weighted by atomic mass is 16.4. The van der Waals surface area contributed by atoms with Crippen LogP contribution >= 0.6 is 0 Å². The van der Waals surface area contributed by atoms with E-state index in [0.717, 1.165) is 89.4 Å². The lowest BCUT2D eigenvalue weighted by molar-refractivity contribution is 0.0697. The van der Waals surface area contributed by atoms with Crippen LogP contribution in [0.15, 0.2) is 140 Å². The Kier molecular flexibility index (Phi) is 7.33. The SMILES string of the molecule is O=C(O)c1ccc(-c2c3nc(c(-c4ccccc4)c4ccc([nH]4)c(-c4ccccc4)c4nc(cc5[nH]c2cc5-c2ccccc2)C=C4)C=C3)cc1. The largest absolute Gasteiger partial charge is 0.478 e. The number of H-pyrrole nitrogens is 2. The van der Waals surface area contributed by atoms with Crippen LogP contribution in [0.5, 0.6) is 0 Å². The zero-order valence-electron chi connectivity index (χ0n) is 27.3. The summed E-state index contributed by atoms with van der Waals surface area (Å²) in [6.45, 7) is 0. The molecule has 0 unspecified atom stereocenters. The molecule has 6 heteroatoms. The van der Waals surface area contributed by atoms with E-state index in [1.807, 2.05) is 72.8 Å². The molecule has 3 N–H and O–H groups in total. The van der Waals surface area contributed by atoms with E-state index < -0.39 is 5.97 Å². The lowest BCUT2D eigenvalue weighted by Crippen LogP contribution is -1.95. The monoisotopic (exact) mass is 658 g/mol. The Bertz CT molecular complexity index is 2690. The van der Waals surface area contributed by atoms with Crippen molar-refractivity contribution < 1.29 is 9.90 Å². The number of aromatic carboxylic acids is 1. The fourth-order valence-electron chi connectivity index (χ4n) is 6.96. The fourth-order valence-corrected chi connectivity index (χ4v) is 6.96. The molecule has 0 aliphatic carbocycles. The Balaban J connectivity index is 1.45. The van der Waals surface area contributed by atoms with Crippen LogP contribution in [0, 0.1) is 0 Å². The van der Waals surface area contributed by atoms with Crippen molar-refractivity contribution in [3.63, 3.8) is 0 Å². The zero-order chi connectivity index (χ0) is 34.3. The molecule has 0 saturated heterocycles. The zero-order valence-corrected chi connectivity index (χ0v) is 27.3. The average molecular weight is 659 g/mol. The van der Waals surface area contributed by atoms with E-state index in [1.165, 1.54) is 0 Å². The highest BCUT2D eigenvalue weighted by Gasteiger charge is 2.18. The Morgan fingerprint density at radius 2 is 0.922 bits per heavy atom. The Morgan fingerprint density at radius 3 is 1.49 bits per heavy atom. The molecule has 0 atom stereocenters. The maximum atomic E-state index is 11.8. The molecule has 5 heterocycles. The molecule has 0 radical (unpaired) electrons. The fraction of sp³-hybridized carbons (Fsp3) is 0. The molecular formula is C45H30N4O2. The van der Waals surface area contributed by atoms with Crippen LogP contribution in [-0.4, -0.2) is 31.0 Å². The average Bonchev–Trinajstić information content (AvgIpc) is 4.00. The first-order chi connectivity index (χ1) is 25.1. The smallest absolute Gasteiger partial charge is 0.335 e. The summed E-state index contributed by atoms with van der Waals surface area (Å²) >= 11 is 0. The van der Waals surface area contributed by atoms with Crippen molar-refractivity contribution in [3.05, 3.63) is 168 Å². The van der Waals surface area contributed by atoms with Crippen molar-refractivity contribution in [3.8, 4) is 44.5 Å². The second-order valence-corrected chi connectivity index (χ2v) is 12.5. The van der Waals surface area contributed by atoms with Gasteiger partial charge in [0.05, 0.1) is 28.3 Å². The first-order valence-corrected chi connectivity index (χ1v) is 16.8. The summed E-state index contributed by atoms with van der Waals surface area (Å²) in [5.74, 6) is -0.969. The predicted molar refractivity (Wildman–Crippen MR) is 208 cm³/mol. The number of benzene rings is 4. The number of carbonyl (C=O) groups is 1. The second kappa shape index (κ2) is 12.4. The van der Waals surface area contributed by atoms with Gasteiger partial charge in [-0.25, -0.2) is 14.8 Å². The van der Waals surface area contributed by atoms with Crippen LogP contribution in [-0.2, 0) is 0 Å². The number of hydrogen-bond donors (Lipinski definition) is 3. The normalized spacial score (nSPS) is 11.9. The van der Waals surface area contributed by atoms with Gasteiger partial charge < -0.3 is 15.1 Å². The van der Waals surface area contributed by atoms with Gasteiger partial charge in [-0.2, -0.15) is 0 Å². The molecule has 0 spiro atoms. The molecule has 0 fully saturated rings. The van der Waals surface area contributed by atoms with Gasteiger partial charge in [-0.3, -0.25) is 0 Å². The Hall–Kier alpha value is -7.05. The van der Waals surface area contributed by atoms with Crippen molar-refractivity contribution in [2.45, 2.75) is 0 Å². The van der Waals surface area contributed by atoms with E-state index in [0.29, 0.717) is 0 Å². The summed E-state index contributed by atoms with van der Waals surface area (Å²) in [7, 11) is 0. The topological polar surface area (TPSA) is 94.7 Å². The van der Waals surface area contributed by atoms with Crippen LogP contribution in [0.3, 0.4) is 0 Å². The van der Waals surface area contributed by atoms with Gasteiger partial charge in [-0.15, -0.1) is 0 Å². The summed E-state index contributed by atoms with van der Waals surface area (Å²) in [5, 5.41) is 9.66. The molecule has 8 bridgehead atoms. The van der Waals surface area contributed by atoms with Crippen LogP contribution in [0.1, 0.15) is 33.1 Å². The third kappa shape index (κ3) is 5.55. The quantitative estimate of drug-likeness (QED) is 0.171. The molecule has 0 amide bonds. The lowest BCUT2D eigenvalue weighted by atomic mass is 10.0. The molecule has 2 aliphatic heterocycles. The standard InChI is InChI=1S/C45H30N4O2/c50-45(51)32-18-16-31(17-19-32)44-39-25-24-38(48-39)43(30-14-8-3-9-15-30)37-23-22-36(47-37)42(29-12-6-2-7-13-29)35-21-20-33(46-35)26-40-34(27-41(44)49-40)28-10-4-1-5-11-28/h1-27,47,49H,(H,50,51). The van der Waals surface area contributed by atoms with E-state index >= 15 is 0 Å². The number of rotatable bonds is 5. The molecule has 0 saturated carbocycles. The number of carboxylic acids is 1. The van der Waals surface area contributed by atoms with Gasteiger partial charge >= 0.3 is 5.97 Å². The summed E-state index contributed by atoms with van der Waals surface area (Å²) in [5.41, 5.74) is 15.0. The van der Waals surface area contributed by atoms with Crippen molar-refractivity contribution >= 4 is 52.3 Å². The summed E-state index contributed by atoms with van der Waals surface area (Å²) in [6.07, 6.45) is 8.23. The second-order valence-electron chi connectivity index (χ2n) is 12.5. The maximum Gasteiger partial charge on any atom is 0.335 e. The molecule has 6 nitrogen and oxygen atoms in total. The summed E-state index contributed by atoms with van der Waals surface area (Å²) in [6, 6.07) is 46.4. The highest BCUT2D eigenvalue weighted by molar-refractivity contribution is 6.00. The van der Waals surface area contributed by atoms with E-state index in [2.05, 4.69) is 88.9 Å². The molecule has 2 aliphatic rings. The van der Waals surface area contributed by atoms with Gasteiger partial charge in [0.1, 0.15) is 0 Å². The third-order valence-electron chi connectivity index (χ3n) is 9.33. The number of carboxylic acid groups (broad SMARTS) is 1. The van der Waals surface area contributed by atoms with Gasteiger partial charge in [0.15, 0.2) is 0 Å². The van der Waals surface area contributed by atoms with Gasteiger partial charge in [0.2, 0.25) is 0 Å². The molecule has 4 aromatic carbocycles. The van der Waals surface area contributed by atoms with Gasteiger partial charge in [-0.1, -0.05) is 103 Å². The molecule has 242 valence electrons. The van der Waals surface area contributed by atoms with Crippen molar-refractivity contribution in [2.75, 3.05) is 0 Å². The lowest BCUT2D eigenvalue weighted by Gasteiger charge is -2.06. The van der Waals surface area contributed by atoms with Crippen molar-refractivity contribution in [2.24, 2.45) is 0 Å². The predicted octanol–water partition coefficient (Wildman–Crippen LogP) is 11.0. The summed E-state index contributed by atoms with van der Waals surface area (Å²) < 4.78 is 0. The van der Waals surface area contributed by atoms with E-state index in [9.17, 15) is 9.90 Å². The Morgan fingerprint density at radius 1 is 0.451 bits per heavy atom.